The zero-order chi connectivity index (χ0) is 21.0. The lowest BCUT2D eigenvalue weighted by atomic mass is 10.0. The first kappa shape index (κ1) is 19.3. The Morgan fingerprint density at radius 3 is 2.31 bits per heavy atom. The van der Waals surface area contributed by atoms with Gasteiger partial charge in [0.15, 0.2) is 11.5 Å². The van der Waals surface area contributed by atoms with Gasteiger partial charge in [-0.1, -0.05) is 0 Å². The SMILES string of the molecule is Fc1cc(-c2cn3c(C(F)(F)F)nnc3cn2)cnc1OC1(C(F)(F)F)COC1. The number of pyridine rings is 1. The summed E-state index contributed by atoms with van der Waals surface area (Å²) in [5, 5.41) is 6.37. The number of rotatable bonds is 3. The van der Waals surface area contributed by atoms with E-state index in [1.165, 1.54) is 0 Å². The Bertz CT molecular complexity index is 1080. The van der Waals surface area contributed by atoms with Gasteiger partial charge in [-0.25, -0.2) is 9.37 Å². The molecule has 0 aromatic carbocycles. The Morgan fingerprint density at radius 1 is 1.03 bits per heavy atom. The monoisotopic (exact) mass is 423 g/mol. The minimum atomic E-state index is -4.81. The molecule has 0 saturated carbocycles. The lowest BCUT2D eigenvalue weighted by molar-refractivity contribution is -0.323. The van der Waals surface area contributed by atoms with E-state index in [0.29, 0.717) is 4.40 Å². The zero-order valence-electron chi connectivity index (χ0n) is 13.9. The van der Waals surface area contributed by atoms with Gasteiger partial charge in [-0.2, -0.15) is 26.3 Å². The average molecular weight is 423 g/mol. The third kappa shape index (κ3) is 3.22. The molecule has 3 aromatic rings. The first-order valence-electron chi connectivity index (χ1n) is 7.78. The Morgan fingerprint density at radius 2 is 1.76 bits per heavy atom. The van der Waals surface area contributed by atoms with Crippen LogP contribution < -0.4 is 4.74 Å². The molecule has 0 atom stereocenters. The molecule has 0 spiro atoms. The predicted octanol–water partition coefficient (Wildman–Crippen LogP) is 3.05. The van der Waals surface area contributed by atoms with Gasteiger partial charge in [0.25, 0.3) is 11.5 Å². The van der Waals surface area contributed by atoms with E-state index in [2.05, 4.69) is 24.9 Å². The van der Waals surface area contributed by atoms with Crippen LogP contribution in [0.25, 0.3) is 16.9 Å². The van der Waals surface area contributed by atoms with E-state index >= 15 is 0 Å². The number of alkyl halides is 6. The smallest absolute Gasteiger partial charge is 0.452 e. The second kappa shape index (κ2) is 6.23. The number of fused-ring (bicyclic) bond motifs is 1. The van der Waals surface area contributed by atoms with Crippen LogP contribution in [0.4, 0.5) is 30.7 Å². The van der Waals surface area contributed by atoms with Gasteiger partial charge in [-0.05, 0) is 6.07 Å². The molecule has 1 aliphatic rings. The predicted molar refractivity (Wildman–Crippen MR) is 79.2 cm³/mol. The minimum Gasteiger partial charge on any atom is -0.454 e. The van der Waals surface area contributed by atoms with Gasteiger partial charge in [-0.15, -0.1) is 10.2 Å². The first-order valence-corrected chi connectivity index (χ1v) is 7.78. The van der Waals surface area contributed by atoms with Crippen molar-refractivity contribution >= 4 is 5.65 Å². The summed E-state index contributed by atoms with van der Waals surface area (Å²) < 4.78 is 102. The van der Waals surface area contributed by atoms with Crippen LogP contribution in [0, 0.1) is 5.82 Å². The molecule has 0 unspecified atom stereocenters. The van der Waals surface area contributed by atoms with Crippen LogP contribution in [0.15, 0.2) is 24.7 Å². The van der Waals surface area contributed by atoms with Gasteiger partial charge in [0, 0.05) is 18.0 Å². The number of aromatic nitrogens is 5. The molecule has 14 heteroatoms. The van der Waals surface area contributed by atoms with Crippen LogP contribution in [-0.2, 0) is 10.9 Å². The number of ether oxygens (including phenoxy) is 2. The van der Waals surface area contributed by atoms with Crippen molar-refractivity contribution in [1.29, 1.82) is 0 Å². The number of hydrogen-bond acceptors (Lipinski definition) is 6. The molecule has 7 nitrogen and oxygen atoms in total. The van der Waals surface area contributed by atoms with Gasteiger partial charge in [0.2, 0.25) is 5.82 Å². The Hall–Kier alpha value is -3.03. The van der Waals surface area contributed by atoms with Crippen LogP contribution in [0.2, 0.25) is 0 Å². The molecule has 0 aliphatic carbocycles. The van der Waals surface area contributed by atoms with Crippen molar-refractivity contribution in [2.24, 2.45) is 0 Å². The highest BCUT2D eigenvalue weighted by molar-refractivity contribution is 5.59. The summed E-state index contributed by atoms with van der Waals surface area (Å²) in [7, 11) is 0. The molecule has 1 fully saturated rings. The van der Waals surface area contributed by atoms with Crippen molar-refractivity contribution in [1.82, 2.24) is 24.6 Å². The first-order chi connectivity index (χ1) is 13.5. The molecule has 0 bridgehead atoms. The summed E-state index contributed by atoms with van der Waals surface area (Å²) >= 11 is 0. The van der Waals surface area contributed by atoms with Crippen LogP contribution in [0.3, 0.4) is 0 Å². The third-order valence-corrected chi connectivity index (χ3v) is 4.13. The fourth-order valence-electron chi connectivity index (χ4n) is 2.54. The summed E-state index contributed by atoms with van der Waals surface area (Å²) in [5.74, 6) is -3.49. The van der Waals surface area contributed by atoms with E-state index in [-0.39, 0.29) is 16.9 Å². The molecule has 4 heterocycles. The van der Waals surface area contributed by atoms with Gasteiger partial charge in [0.1, 0.15) is 0 Å². The van der Waals surface area contributed by atoms with E-state index in [9.17, 15) is 30.7 Å². The van der Waals surface area contributed by atoms with E-state index in [0.717, 1.165) is 24.7 Å². The second-order valence-electron chi connectivity index (χ2n) is 6.12. The minimum absolute atomic E-state index is 0.0931. The highest BCUT2D eigenvalue weighted by atomic mass is 19.4. The van der Waals surface area contributed by atoms with Crippen LogP contribution in [0.1, 0.15) is 5.82 Å². The zero-order valence-corrected chi connectivity index (χ0v) is 13.9. The maximum absolute atomic E-state index is 14.3. The van der Waals surface area contributed by atoms with E-state index in [4.69, 9.17) is 4.74 Å². The fourth-order valence-corrected chi connectivity index (χ4v) is 2.54. The summed E-state index contributed by atoms with van der Waals surface area (Å²) in [6.07, 6.45) is -6.80. The molecule has 4 rings (SSSR count). The fraction of sp³-hybridized carbons (Fsp3) is 0.333. The van der Waals surface area contributed by atoms with Crippen molar-refractivity contribution < 1.29 is 40.2 Å². The second-order valence-corrected chi connectivity index (χ2v) is 6.12. The van der Waals surface area contributed by atoms with Gasteiger partial charge in [-0.3, -0.25) is 9.38 Å². The van der Waals surface area contributed by atoms with Crippen LogP contribution in [-0.4, -0.2) is 49.6 Å². The van der Waals surface area contributed by atoms with Gasteiger partial charge in [0.05, 0.1) is 25.1 Å². The molecular formula is C15H8F7N5O2. The Balaban J connectivity index is 1.68. The molecule has 1 saturated heterocycles. The quantitative estimate of drug-likeness (QED) is 0.603. The molecule has 0 radical (unpaired) electrons. The summed E-state index contributed by atoms with van der Waals surface area (Å²) in [5.41, 5.74) is -3.14. The molecule has 0 amide bonds. The lowest BCUT2D eigenvalue weighted by Crippen LogP contribution is -2.64. The molecular weight excluding hydrogens is 415 g/mol. The highest BCUT2D eigenvalue weighted by Crippen LogP contribution is 2.40. The van der Waals surface area contributed by atoms with Crippen LogP contribution in [0.5, 0.6) is 5.88 Å². The van der Waals surface area contributed by atoms with Gasteiger partial charge < -0.3 is 9.47 Å². The lowest BCUT2D eigenvalue weighted by Gasteiger charge is -2.41. The molecule has 1 aliphatic heterocycles. The van der Waals surface area contributed by atoms with Crippen molar-refractivity contribution in [2.75, 3.05) is 13.2 Å². The van der Waals surface area contributed by atoms with Gasteiger partial charge >= 0.3 is 12.4 Å². The van der Waals surface area contributed by atoms with E-state index < -0.39 is 48.7 Å². The largest absolute Gasteiger partial charge is 0.454 e. The summed E-state index contributed by atoms with van der Waals surface area (Å²) in [6.45, 7) is -1.63. The maximum Gasteiger partial charge on any atom is 0.452 e. The molecule has 154 valence electrons. The number of nitrogens with zero attached hydrogens (tertiary/aromatic N) is 5. The highest BCUT2D eigenvalue weighted by Gasteiger charge is 2.63. The summed E-state index contributed by atoms with van der Waals surface area (Å²) in [6, 6.07) is 0.748. The van der Waals surface area contributed by atoms with Crippen molar-refractivity contribution in [3.8, 4) is 17.1 Å². The van der Waals surface area contributed by atoms with Crippen molar-refractivity contribution in [2.45, 2.75) is 18.0 Å². The summed E-state index contributed by atoms with van der Waals surface area (Å²) in [4.78, 5) is 7.36. The normalized spacial score (nSPS) is 16.7. The van der Waals surface area contributed by atoms with E-state index in [1.807, 2.05) is 0 Å². The Labute approximate surface area is 156 Å². The topological polar surface area (TPSA) is 74.4 Å². The van der Waals surface area contributed by atoms with Crippen molar-refractivity contribution in [3.63, 3.8) is 0 Å². The molecule has 3 aromatic heterocycles. The third-order valence-electron chi connectivity index (χ3n) is 4.13. The van der Waals surface area contributed by atoms with E-state index in [1.54, 1.807) is 0 Å². The van der Waals surface area contributed by atoms with Crippen molar-refractivity contribution in [3.05, 3.63) is 36.3 Å². The Kier molecular flexibility index (Phi) is 4.15. The average Bonchev–Trinajstić information content (AvgIpc) is 3.01. The molecule has 0 N–H and O–H groups in total. The molecule has 29 heavy (non-hydrogen) atoms. The standard InChI is InChI=1S/C15H8F7N5O2/c16-8-1-7(2-24-11(8)29-13(5-28-6-13)15(20,21)22)9-4-27-10(3-23-9)25-26-12(27)14(17,18)19/h1-4H,5-6H2. The number of hydrogen-bond donors (Lipinski definition) is 0. The number of halogens is 7. The maximum atomic E-state index is 14.3. The van der Waals surface area contributed by atoms with Crippen LogP contribution >= 0.6 is 0 Å².